The van der Waals surface area contributed by atoms with Gasteiger partial charge in [0.1, 0.15) is 5.15 Å². The third-order valence-corrected chi connectivity index (χ3v) is 5.56. The second-order valence-corrected chi connectivity index (χ2v) is 7.89. The number of nitrogens with zero attached hydrogens (tertiary/aromatic N) is 1. The van der Waals surface area contributed by atoms with Crippen LogP contribution in [-0.2, 0) is 6.54 Å². The van der Waals surface area contributed by atoms with Crippen molar-refractivity contribution < 1.29 is 0 Å². The van der Waals surface area contributed by atoms with Crippen molar-refractivity contribution in [2.45, 2.75) is 56.7 Å². The van der Waals surface area contributed by atoms with Gasteiger partial charge in [0, 0.05) is 11.3 Å². The monoisotopic (exact) mass is 316 g/mol. The second kappa shape index (κ2) is 5.98. The molecule has 0 radical (unpaired) electrons. The highest BCUT2D eigenvalue weighted by atomic mass is 35.5. The number of nitrogens with one attached hydrogen (secondary N) is 1. The normalized spacial score (nSPS) is 16.8. The number of thioether (sulfide) groups is 1. The minimum Gasteiger partial charge on any atom is -0.297 e. The number of hydrogen-bond donors (Lipinski definition) is 1. The minimum absolute atomic E-state index is 0.169. The van der Waals surface area contributed by atoms with Crippen LogP contribution in [0.5, 0.6) is 0 Å². The van der Waals surface area contributed by atoms with Crippen LogP contribution in [0.15, 0.2) is 9.59 Å². The molecule has 0 aliphatic heterocycles. The summed E-state index contributed by atoms with van der Waals surface area (Å²) in [4.78, 5) is 27.3. The van der Waals surface area contributed by atoms with E-state index in [0.717, 1.165) is 25.7 Å². The molecule has 0 atom stereocenters. The molecule has 2 rings (SSSR count). The number of hydrogen-bond acceptors (Lipinski definition) is 3. The maximum Gasteiger partial charge on any atom is 0.329 e. The van der Waals surface area contributed by atoms with E-state index in [1.165, 1.54) is 4.57 Å². The van der Waals surface area contributed by atoms with E-state index >= 15 is 0 Å². The Kier molecular flexibility index (Phi) is 4.69. The molecule has 1 fully saturated rings. The van der Waals surface area contributed by atoms with Crippen molar-refractivity contribution in [3.63, 3.8) is 0 Å². The molecule has 1 aliphatic rings. The molecule has 1 N–H and O–H groups in total. The fraction of sp³-hybridized carbons (Fsp3) is 0.714. The molecule has 0 spiro atoms. The zero-order valence-electron chi connectivity index (χ0n) is 12.2. The third kappa shape index (κ3) is 3.14. The number of rotatable bonds is 4. The zero-order valence-corrected chi connectivity index (χ0v) is 13.7. The van der Waals surface area contributed by atoms with Crippen LogP contribution in [0.3, 0.4) is 0 Å². The van der Waals surface area contributed by atoms with Gasteiger partial charge in [0.15, 0.2) is 0 Å². The lowest BCUT2D eigenvalue weighted by Gasteiger charge is -2.23. The van der Waals surface area contributed by atoms with E-state index in [4.69, 9.17) is 11.6 Å². The summed E-state index contributed by atoms with van der Waals surface area (Å²) >= 11 is 7.75. The Labute approximate surface area is 127 Å². The molecular weight excluding hydrogens is 296 g/mol. The second-order valence-electron chi connectivity index (χ2n) is 5.99. The Morgan fingerprint density at radius 3 is 2.50 bits per heavy atom. The Morgan fingerprint density at radius 2 is 1.95 bits per heavy atom. The molecule has 6 heteroatoms. The van der Waals surface area contributed by atoms with E-state index in [1.807, 2.05) is 20.1 Å². The van der Waals surface area contributed by atoms with Gasteiger partial charge in [-0.05, 0) is 38.9 Å². The molecular formula is C14H21ClN2O2S. The van der Waals surface area contributed by atoms with Gasteiger partial charge in [0.2, 0.25) is 0 Å². The van der Waals surface area contributed by atoms with Crippen LogP contribution in [0, 0.1) is 0 Å². The van der Waals surface area contributed by atoms with Gasteiger partial charge in [-0.3, -0.25) is 14.3 Å². The van der Waals surface area contributed by atoms with Gasteiger partial charge in [-0.1, -0.05) is 24.4 Å². The first kappa shape index (κ1) is 15.7. The summed E-state index contributed by atoms with van der Waals surface area (Å²) in [7, 11) is 0. The predicted octanol–water partition coefficient (Wildman–Crippen LogP) is 2.99. The van der Waals surface area contributed by atoms with Crippen LogP contribution < -0.4 is 11.2 Å². The largest absolute Gasteiger partial charge is 0.329 e. The van der Waals surface area contributed by atoms with Crippen molar-refractivity contribution in [3.05, 3.63) is 31.6 Å². The first-order valence-electron chi connectivity index (χ1n) is 6.93. The first-order valence-corrected chi connectivity index (χ1v) is 8.53. The highest BCUT2D eigenvalue weighted by Crippen LogP contribution is 2.34. The van der Waals surface area contributed by atoms with Crippen molar-refractivity contribution in [3.8, 4) is 0 Å². The third-order valence-electron chi connectivity index (χ3n) is 4.03. The van der Waals surface area contributed by atoms with E-state index in [1.54, 1.807) is 11.8 Å². The quantitative estimate of drug-likeness (QED) is 0.869. The zero-order chi connectivity index (χ0) is 14.9. The molecule has 112 valence electrons. The Balaban J connectivity index is 2.50. The van der Waals surface area contributed by atoms with Crippen molar-refractivity contribution >= 4 is 23.4 Å². The summed E-state index contributed by atoms with van der Waals surface area (Å²) in [6.07, 6.45) is 6.18. The fourth-order valence-electron chi connectivity index (χ4n) is 2.72. The molecule has 20 heavy (non-hydrogen) atoms. The maximum absolute atomic E-state index is 12.6. The average molecular weight is 317 g/mol. The summed E-state index contributed by atoms with van der Waals surface area (Å²) in [6.45, 7) is 4.43. The molecule has 0 amide bonds. The predicted molar refractivity (Wildman–Crippen MR) is 85.1 cm³/mol. The van der Waals surface area contributed by atoms with Gasteiger partial charge >= 0.3 is 5.69 Å². The number of aromatic amines is 1. The molecule has 1 saturated carbocycles. The van der Waals surface area contributed by atoms with Crippen LogP contribution in [0.4, 0.5) is 0 Å². The summed E-state index contributed by atoms with van der Waals surface area (Å²) in [6, 6.07) is 0. The van der Waals surface area contributed by atoms with Crippen LogP contribution in [0.1, 0.15) is 51.0 Å². The molecule has 1 aliphatic carbocycles. The lowest BCUT2D eigenvalue weighted by molar-refractivity contribution is 0.521. The molecule has 1 heterocycles. The molecule has 0 saturated heterocycles. The summed E-state index contributed by atoms with van der Waals surface area (Å²) in [5.74, 6) is 0.190. The molecule has 0 unspecified atom stereocenters. The van der Waals surface area contributed by atoms with Crippen LogP contribution in [0.25, 0.3) is 0 Å². The van der Waals surface area contributed by atoms with Gasteiger partial charge in [-0.15, -0.1) is 0 Å². The molecule has 4 nitrogen and oxygen atoms in total. The fourth-order valence-corrected chi connectivity index (χ4v) is 3.29. The topological polar surface area (TPSA) is 54.9 Å². The van der Waals surface area contributed by atoms with E-state index in [-0.39, 0.29) is 21.4 Å². The Bertz CT molecular complexity index is 600. The number of halogens is 1. The SMILES string of the molecule is CSC(C)(C)Cn1c(=O)[nH]c(Cl)c(C2CCCC2)c1=O. The highest BCUT2D eigenvalue weighted by molar-refractivity contribution is 7.99. The standard InChI is InChI=1S/C14H21ClN2O2S/c1-14(2,20-3)8-17-12(18)10(9-6-4-5-7-9)11(15)16-13(17)19/h9H,4-8H2,1-3H3,(H,16,19). The Morgan fingerprint density at radius 1 is 1.35 bits per heavy atom. The molecule has 0 bridgehead atoms. The van der Waals surface area contributed by atoms with Crippen LogP contribution in [0.2, 0.25) is 5.15 Å². The molecule has 1 aromatic rings. The van der Waals surface area contributed by atoms with Gasteiger partial charge in [-0.2, -0.15) is 11.8 Å². The van der Waals surface area contributed by atoms with E-state index in [0.29, 0.717) is 12.1 Å². The lowest BCUT2D eigenvalue weighted by Crippen LogP contribution is -2.42. The van der Waals surface area contributed by atoms with Gasteiger partial charge in [-0.25, -0.2) is 4.79 Å². The maximum atomic E-state index is 12.6. The number of H-pyrrole nitrogens is 1. The molecule has 1 aromatic heterocycles. The van der Waals surface area contributed by atoms with Crippen molar-refractivity contribution in [1.82, 2.24) is 9.55 Å². The number of aromatic nitrogens is 2. The smallest absolute Gasteiger partial charge is 0.297 e. The van der Waals surface area contributed by atoms with Gasteiger partial charge in [0.25, 0.3) is 5.56 Å². The van der Waals surface area contributed by atoms with Crippen molar-refractivity contribution in [2.24, 2.45) is 0 Å². The Hall–Kier alpha value is -0.680. The lowest BCUT2D eigenvalue weighted by atomic mass is 10.0. The van der Waals surface area contributed by atoms with E-state index in [9.17, 15) is 9.59 Å². The van der Waals surface area contributed by atoms with Crippen LogP contribution >= 0.6 is 23.4 Å². The van der Waals surface area contributed by atoms with Crippen LogP contribution in [-0.4, -0.2) is 20.6 Å². The minimum atomic E-state index is -0.413. The van der Waals surface area contributed by atoms with Gasteiger partial charge < -0.3 is 0 Å². The summed E-state index contributed by atoms with van der Waals surface area (Å²) < 4.78 is 1.13. The van der Waals surface area contributed by atoms with E-state index < -0.39 is 5.69 Å². The molecule has 0 aromatic carbocycles. The van der Waals surface area contributed by atoms with Crippen molar-refractivity contribution in [2.75, 3.05) is 6.26 Å². The summed E-state index contributed by atoms with van der Waals surface area (Å²) in [5.41, 5.74) is -0.0303. The van der Waals surface area contributed by atoms with Gasteiger partial charge in [0.05, 0.1) is 5.56 Å². The first-order chi connectivity index (χ1) is 9.35. The van der Waals surface area contributed by atoms with Crippen molar-refractivity contribution in [1.29, 1.82) is 0 Å². The highest BCUT2D eigenvalue weighted by Gasteiger charge is 2.27. The van der Waals surface area contributed by atoms with E-state index in [2.05, 4.69) is 4.98 Å². The summed E-state index contributed by atoms with van der Waals surface area (Å²) in [5, 5.41) is 0.227. The average Bonchev–Trinajstić information content (AvgIpc) is 2.88.